The second kappa shape index (κ2) is 13.1. The molecule has 15 heavy (non-hydrogen) atoms. The first kappa shape index (κ1) is 21.3. The molecule has 68 valence electrons. The van der Waals surface area contributed by atoms with E-state index in [1.165, 1.54) is 12.1 Å². The van der Waals surface area contributed by atoms with Gasteiger partial charge in [-0.25, -0.2) is 0 Å². The van der Waals surface area contributed by atoms with Gasteiger partial charge in [-0.2, -0.15) is 5.26 Å². The number of carbonyl (C=O) groups excluding carboxylic acids is 1. The standard InChI is InChI=1S/C7H5NO.CH2O3.2K/c8-5-6-2-1-3-7(9)4-6;2-1(3)4;;/h1-4,9H;(H2,2,3,4);;/q;;2*+1/p-2. The molecule has 0 aliphatic carbocycles. The summed E-state index contributed by atoms with van der Waals surface area (Å²) in [5.74, 6) is 0.133. The third-order valence-corrected chi connectivity index (χ3v) is 0.975. The van der Waals surface area contributed by atoms with Gasteiger partial charge in [-0.1, -0.05) is 6.07 Å². The summed E-state index contributed by atoms with van der Waals surface area (Å²) in [6.07, 6.45) is -2.33. The van der Waals surface area contributed by atoms with Gasteiger partial charge < -0.3 is 20.1 Å². The number of carboxylic acid groups (broad SMARTS) is 2. The normalized spacial score (nSPS) is 6.60. The number of nitriles is 1. The number of hydrogen-bond donors (Lipinski definition) is 1. The molecular weight excluding hydrogens is 252 g/mol. The molecule has 0 aliphatic heterocycles. The van der Waals surface area contributed by atoms with Crippen LogP contribution in [0.15, 0.2) is 24.3 Å². The molecule has 0 unspecified atom stereocenters. The van der Waals surface area contributed by atoms with Gasteiger partial charge in [-0.15, -0.1) is 0 Å². The molecule has 1 rings (SSSR count). The summed E-state index contributed by atoms with van der Waals surface area (Å²) in [4.78, 5) is 8.33. The van der Waals surface area contributed by atoms with Crippen LogP contribution in [0.3, 0.4) is 0 Å². The zero-order valence-electron chi connectivity index (χ0n) is 8.43. The average molecular weight is 257 g/mol. The number of carbonyl (C=O) groups is 1. The van der Waals surface area contributed by atoms with Crippen molar-refractivity contribution in [2.24, 2.45) is 0 Å². The largest absolute Gasteiger partial charge is 1.00 e. The van der Waals surface area contributed by atoms with E-state index in [0.717, 1.165) is 0 Å². The molecule has 0 saturated heterocycles. The van der Waals surface area contributed by atoms with Crippen LogP contribution in [0.1, 0.15) is 5.56 Å². The van der Waals surface area contributed by atoms with E-state index < -0.39 is 6.16 Å². The summed E-state index contributed by atoms with van der Waals surface area (Å²) in [7, 11) is 0. The van der Waals surface area contributed by atoms with Gasteiger partial charge in [0.2, 0.25) is 0 Å². The molecule has 0 bridgehead atoms. The second-order valence-electron chi connectivity index (χ2n) is 1.91. The van der Waals surface area contributed by atoms with E-state index in [0.29, 0.717) is 5.56 Å². The minimum atomic E-state index is -2.33. The Balaban J connectivity index is -0.000000213. The molecule has 0 fully saturated rings. The summed E-state index contributed by atoms with van der Waals surface area (Å²) < 4.78 is 0. The summed E-state index contributed by atoms with van der Waals surface area (Å²) in [6, 6.07) is 8.12. The van der Waals surface area contributed by atoms with Gasteiger partial charge in [0.1, 0.15) is 5.75 Å². The predicted octanol–water partition coefficient (Wildman–Crippen LogP) is -7.18. The Morgan fingerprint density at radius 3 is 2.07 bits per heavy atom. The molecule has 7 heteroatoms. The van der Waals surface area contributed by atoms with Gasteiger partial charge in [0.25, 0.3) is 0 Å². The van der Waals surface area contributed by atoms with Gasteiger partial charge in [0.15, 0.2) is 0 Å². The fourth-order valence-corrected chi connectivity index (χ4v) is 0.575. The van der Waals surface area contributed by atoms with Crippen LogP contribution in [0.2, 0.25) is 0 Å². The van der Waals surface area contributed by atoms with Crippen molar-refractivity contribution >= 4 is 6.16 Å². The topological polar surface area (TPSA) is 107 Å². The Labute approximate surface area is 172 Å². The van der Waals surface area contributed by atoms with Crippen LogP contribution in [0, 0.1) is 11.3 Å². The quantitative estimate of drug-likeness (QED) is 0.465. The van der Waals surface area contributed by atoms with Crippen LogP contribution in [-0.2, 0) is 0 Å². The van der Waals surface area contributed by atoms with Crippen molar-refractivity contribution in [3.8, 4) is 11.8 Å². The first-order valence-electron chi connectivity index (χ1n) is 3.13. The van der Waals surface area contributed by atoms with Crippen molar-refractivity contribution in [2.75, 3.05) is 0 Å². The van der Waals surface area contributed by atoms with E-state index in [9.17, 15) is 0 Å². The second-order valence-corrected chi connectivity index (χ2v) is 1.91. The number of rotatable bonds is 0. The monoisotopic (exact) mass is 257 g/mol. The Hall–Kier alpha value is 1.05. The molecule has 1 N–H and O–H groups in total. The third kappa shape index (κ3) is 15.1. The van der Waals surface area contributed by atoms with Crippen molar-refractivity contribution in [1.82, 2.24) is 0 Å². The van der Waals surface area contributed by atoms with Crippen molar-refractivity contribution in [2.45, 2.75) is 0 Å². The molecule has 0 heterocycles. The predicted molar refractivity (Wildman–Crippen MR) is 38.2 cm³/mol. The van der Waals surface area contributed by atoms with Crippen molar-refractivity contribution in [3.05, 3.63) is 29.8 Å². The molecule has 0 saturated carbocycles. The molecule has 0 amide bonds. The van der Waals surface area contributed by atoms with E-state index in [2.05, 4.69) is 0 Å². The van der Waals surface area contributed by atoms with Gasteiger partial charge in [-0.3, -0.25) is 0 Å². The van der Waals surface area contributed by atoms with Gasteiger partial charge in [-0.05, 0) is 24.4 Å². The van der Waals surface area contributed by atoms with Crippen molar-refractivity contribution in [3.63, 3.8) is 0 Å². The van der Waals surface area contributed by atoms with Crippen LogP contribution in [-0.4, -0.2) is 11.3 Å². The summed E-state index contributed by atoms with van der Waals surface area (Å²) in [5, 5.41) is 33.8. The Bertz CT molecular complexity index is 334. The number of phenolic OH excluding ortho intramolecular Hbond substituents is 1. The Morgan fingerprint density at radius 1 is 1.33 bits per heavy atom. The average Bonchev–Trinajstić information content (AvgIpc) is 2.03. The smallest absolute Gasteiger partial charge is 0.652 e. The fourth-order valence-electron chi connectivity index (χ4n) is 0.575. The van der Waals surface area contributed by atoms with Gasteiger partial charge >= 0.3 is 103 Å². The number of hydrogen-bond acceptors (Lipinski definition) is 5. The third-order valence-electron chi connectivity index (χ3n) is 0.975. The minimum Gasteiger partial charge on any atom is -0.652 e. The maximum atomic E-state index is 8.79. The van der Waals surface area contributed by atoms with E-state index in [1.807, 2.05) is 6.07 Å². The number of aromatic hydroxyl groups is 1. The SMILES string of the molecule is N#Cc1cccc(O)c1.O=C([O-])[O-].[K+].[K+]. The molecule has 0 spiro atoms. The van der Waals surface area contributed by atoms with E-state index >= 15 is 0 Å². The van der Waals surface area contributed by atoms with Crippen LogP contribution in [0.25, 0.3) is 0 Å². The molecular formula is C8H5K2NO4. The van der Waals surface area contributed by atoms with Gasteiger partial charge in [0, 0.05) is 0 Å². The molecule has 0 aliphatic rings. The first-order valence-corrected chi connectivity index (χ1v) is 3.13. The summed E-state index contributed by atoms with van der Waals surface area (Å²) >= 11 is 0. The van der Waals surface area contributed by atoms with Crippen LogP contribution < -0.4 is 113 Å². The molecule has 1 aromatic carbocycles. The molecule has 0 aromatic heterocycles. The summed E-state index contributed by atoms with van der Waals surface area (Å²) in [6.45, 7) is 0. The van der Waals surface area contributed by atoms with E-state index in [4.69, 9.17) is 25.4 Å². The number of phenols is 1. The first-order chi connectivity index (χ1) is 6.06. The maximum absolute atomic E-state index is 8.79. The van der Waals surface area contributed by atoms with Crippen LogP contribution in [0.4, 0.5) is 4.79 Å². The zero-order valence-corrected chi connectivity index (χ0v) is 14.7. The van der Waals surface area contributed by atoms with Crippen molar-refractivity contribution < 1.29 is 123 Å². The zero-order chi connectivity index (χ0) is 10.3. The van der Waals surface area contributed by atoms with E-state index in [-0.39, 0.29) is 109 Å². The molecule has 0 atom stereocenters. The van der Waals surface area contributed by atoms with Crippen LogP contribution in [0.5, 0.6) is 5.75 Å². The van der Waals surface area contributed by atoms with Crippen LogP contribution >= 0.6 is 0 Å². The molecule has 5 nitrogen and oxygen atoms in total. The molecule has 1 aromatic rings. The minimum absolute atomic E-state index is 0. The Kier molecular flexibility index (Phi) is 18.7. The fraction of sp³-hybridized carbons (Fsp3) is 0. The number of benzene rings is 1. The number of nitrogens with zero attached hydrogens (tertiary/aromatic N) is 1. The summed E-state index contributed by atoms with van der Waals surface area (Å²) in [5.41, 5.74) is 0.481. The Morgan fingerprint density at radius 2 is 1.80 bits per heavy atom. The van der Waals surface area contributed by atoms with Crippen molar-refractivity contribution in [1.29, 1.82) is 5.26 Å². The van der Waals surface area contributed by atoms with E-state index in [1.54, 1.807) is 12.1 Å². The maximum Gasteiger partial charge on any atom is 1.00 e. The van der Waals surface area contributed by atoms with Gasteiger partial charge in [0.05, 0.1) is 11.6 Å². The molecule has 0 radical (unpaired) electrons.